The maximum atomic E-state index is 14.4. The van der Waals surface area contributed by atoms with Gasteiger partial charge in [0.05, 0.1) is 38.0 Å². The monoisotopic (exact) mass is 755 g/mol. The Morgan fingerprint density at radius 2 is 1.37 bits per heavy atom. The third-order valence-electron chi connectivity index (χ3n) is 10.1. The number of amides is 2. The van der Waals surface area contributed by atoms with Crippen LogP contribution in [0.1, 0.15) is 52.2 Å². The number of nitrogens with zero attached hydrogens (tertiary/aromatic N) is 2. The highest BCUT2D eigenvalue weighted by Crippen LogP contribution is 2.66. The summed E-state index contributed by atoms with van der Waals surface area (Å²) in [5.41, 5.74) is -0.812. The fourth-order valence-corrected chi connectivity index (χ4v) is 8.91. The molecule has 17 nitrogen and oxygen atoms in total. The van der Waals surface area contributed by atoms with Crippen molar-refractivity contribution in [2.24, 2.45) is 11.8 Å². The number of esters is 4. The molecule has 0 unspecified atom stereocenters. The number of likely N-dealkylation sites (N-methyl/N-ethyl adjacent to an activating group) is 1. The van der Waals surface area contributed by atoms with Gasteiger partial charge in [-0.2, -0.15) is 0 Å². The molecule has 5 aliphatic rings. The third kappa shape index (κ3) is 5.98. The molecule has 2 aliphatic heterocycles. The predicted molar refractivity (Wildman–Crippen MR) is 184 cm³/mol. The second-order valence-corrected chi connectivity index (χ2v) is 14.2. The number of anilines is 1. The number of benzene rings is 1. The minimum absolute atomic E-state index is 0.0555. The van der Waals surface area contributed by atoms with E-state index < -0.39 is 76.3 Å². The van der Waals surface area contributed by atoms with Crippen molar-refractivity contribution in [2.75, 3.05) is 59.5 Å². The molecule has 0 saturated carbocycles. The molecular weight excluding hydrogens is 710 g/mol. The Morgan fingerprint density at radius 3 is 1.89 bits per heavy atom. The average molecular weight is 756 g/mol. The Hall–Kier alpha value is -4.68. The minimum atomic E-state index is -2.48. The van der Waals surface area contributed by atoms with E-state index >= 15 is 0 Å². The summed E-state index contributed by atoms with van der Waals surface area (Å²) in [7, 11) is 7.06. The lowest BCUT2D eigenvalue weighted by molar-refractivity contribution is -0.289. The van der Waals surface area contributed by atoms with Crippen LogP contribution in [0.2, 0.25) is 0 Å². The van der Waals surface area contributed by atoms with Crippen LogP contribution in [0, 0.1) is 11.8 Å². The molecule has 2 amide bonds. The van der Waals surface area contributed by atoms with Crippen LogP contribution in [-0.4, -0.2) is 113 Å². The molecule has 0 radical (unpaired) electrons. The summed E-state index contributed by atoms with van der Waals surface area (Å²) >= 11 is 0. The molecular formula is C37H45N3O14. The van der Waals surface area contributed by atoms with Gasteiger partial charge in [-0.3, -0.25) is 39.0 Å². The summed E-state index contributed by atoms with van der Waals surface area (Å²) in [6.45, 7) is 5.60. The molecule has 6 rings (SSSR count). The lowest BCUT2D eigenvalue weighted by atomic mass is 9.55. The van der Waals surface area contributed by atoms with E-state index in [0.29, 0.717) is 11.1 Å². The van der Waals surface area contributed by atoms with Gasteiger partial charge in [0, 0.05) is 65.9 Å². The van der Waals surface area contributed by atoms with Crippen LogP contribution < -0.4 is 15.0 Å². The summed E-state index contributed by atoms with van der Waals surface area (Å²) in [6, 6.07) is 2.36. The number of hydrogen-bond acceptors (Lipinski definition) is 16. The SMILES string of the molecule is CC(=O)NC(=O)C1=C(OC(C)=O)[C@@H](N(C)C)[C@@H]2C[C@@H]3Cc4c(N(C)C)ccc(OC(C)=O)c4C4(OCCO4)C3=C(OC(C)=O)[C@]2(OC(C)=O)C12OCCO2. The summed E-state index contributed by atoms with van der Waals surface area (Å²) in [5.74, 6) is -11.4. The van der Waals surface area contributed by atoms with Crippen LogP contribution in [0.25, 0.3) is 0 Å². The van der Waals surface area contributed by atoms with Crippen molar-refractivity contribution >= 4 is 41.4 Å². The Kier molecular flexibility index (Phi) is 10.3. The van der Waals surface area contributed by atoms with Crippen LogP contribution >= 0.6 is 0 Å². The quantitative estimate of drug-likeness (QED) is 0.238. The van der Waals surface area contributed by atoms with Gasteiger partial charge in [-0.1, -0.05) is 0 Å². The molecule has 2 fully saturated rings. The number of nitrogens with one attached hydrogen (secondary N) is 1. The number of ether oxygens (including phenoxy) is 8. The Balaban J connectivity index is 1.83. The van der Waals surface area contributed by atoms with Gasteiger partial charge in [-0.25, -0.2) is 0 Å². The number of carbonyl (C=O) groups is 6. The fourth-order valence-electron chi connectivity index (χ4n) is 8.91. The number of carbonyl (C=O) groups excluding carboxylic acids is 6. The van der Waals surface area contributed by atoms with Crippen molar-refractivity contribution < 1.29 is 66.7 Å². The fraction of sp³-hybridized carbons (Fsp3) is 0.568. The molecule has 292 valence electrons. The van der Waals surface area contributed by atoms with Gasteiger partial charge >= 0.3 is 23.9 Å². The molecule has 2 heterocycles. The highest BCUT2D eigenvalue weighted by atomic mass is 16.8. The van der Waals surface area contributed by atoms with E-state index in [2.05, 4.69) is 5.32 Å². The van der Waals surface area contributed by atoms with E-state index in [0.717, 1.165) is 33.4 Å². The zero-order chi connectivity index (χ0) is 39.5. The van der Waals surface area contributed by atoms with Crippen molar-refractivity contribution in [3.05, 3.63) is 45.9 Å². The molecule has 54 heavy (non-hydrogen) atoms. The Morgan fingerprint density at radius 1 is 0.778 bits per heavy atom. The van der Waals surface area contributed by atoms with E-state index in [-0.39, 0.29) is 62.1 Å². The van der Waals surface area contributed by atoms with E-state index in [4.69, 9.17) is 37.9 Å². The van der Waals surface area contributed by atoms with Crippen molar-refractivity contribution in [1.82, 2.24) is 10.2 Å². The zero-order valence-electron chi connectivity index (χ0n) is 31.7. The molecule has 1 N–H and O–H groups in total. The van der Waals surface area contributed by atoms with E-state index in [9.17, 15) is 28.8 Å². The number of fused-ring (bicyclic) bond motifs is 6. The molecule has 1 aromatic carbocycles. The molecule has 2 saturated heterocycles. The van der Waals surface area contributed by atoms with Crippen molar-refractivity contribution in [3.63, 3.8) is 0 Å². The van der Waals surface area contributed by atoms with Crippen LogP contribution in [0.3, 0.4) is 0 Å². The highest BCUT2D eigenvalue weighted by Gasteiger charge is 2.78. The molecule has 1 aromatic rings. The van der Waals surface area contributed by atoms with Crippen LogP contribution in [0.15, 0.2) is 34.8 Å². The molecule has 4 atom stereocenters. The van der Waals surface area contributed by atoms with Crippen molar-refractivity contribution in [2.45, 2.75) is 70.7 Å². The first-order valence-corrected chi connectivity index (χ1v) is 17.5. The first-order valence-electron chi connectivity index (χ1n) is 17.5. The second-order valence-electron chi connectivity index (χ2n) is 14.2. The Labute approximate surface area is 311 Å². The largest absolute Gasteiger partial charge is 0.444 e. The maximum Gasteiger partial charge on any atom is 0.308 e. The van der Waals surface area contributed by atoms with Gasteiger partial charge in [0.25, 0.3) is 11.7 Å². The van der Waals surface area contributed by atoms with Crippen LogP contribution in [0.4, 0.5) is 5.69 Å². The predicted octanol–water partition coefficient (Wildman–Crippen LogP) is 1.36. The van der Waals surface area contributed by atoms with Gasteiger partial charge in [-0.05, 0) is 50.6 Å². The number of imide groups is 1. The average Bonchev–Trinajstić information content (AvgIpc) is 3.72. The first-order chi connectivity index (χ1) is 25.4. The van der Waals surface area contributed by atoms with Crippen molar-refractivity contribution in [3.8, 4) is 5.75 Å². The van der Waals surface area contributed by atoms with Gasteiger partial charge in [0.2, 0.25) is 17.3 Å². The lowest BCUT2D eigenvalue weighted by Crippen LogP contribution is -2.74. The first kappa shape index (κ1) is 39.0. The maximum absolute atomic E-state index is 14.4. The van der Waals surface area contributed by atoms with E-state index in [1.807, 2.05) is 25.1 Å². The van der Waals surface area contributed by atoms with Gasteiger partial charge in [0.1, 0.15) is 17.1 Å². The molecule has 0 bridgehead atoms. The third-order valence-corrected chi connectivity index (χ3v) is 10.1. The Bertz CT molecular complexity index is 1870. The summed E-state index contributed by atoms with van der Waals surface area (Å²) in [6.07, 6.45) is 0.341. The molecule has 3 aliphatic carbocycles. The van der Waals surface area contributed by atoms with Gasteiger partial charge in [0.15, 0.2) is 5.76 Å². The minimum Gasteiger partial charge on any atom is -0.444 e. The summed E-state index contributed by atoms with van der Waals surface area (Å²) in [4.78, 5) is 82.8. The smallest absolute Gasteiger partial charge is 0.308 e. The van der Waals surface area contributed by atoms with E-state index in [1.165, 1.54) is 6.92 Å². The van der Waals surface area contributed by atoms with E-state index in [1.54, 1.807) is 25.1 Å². The molecule has 17 heteroatoms. The van der Waals surface area contributed by atoms with Crippen LogP contribution in [0.5, 0.6) is 5.75 Å². The van der Waals surface area contributed by atoms with Gasteiger partial charge in [-0.15, -0.1) is 0 Å². The summed E-state index contributed by atoms with van der Waals surface area (Å²) < 4.78 is 50.4. The number of hydrogen-bond donors (Lipinski definition) is 1. The topological polar surface area (TPSA) is 195 Å². The summed E-state index contributed by atoms with van der Waals surface area (Å²) in [5, 5.41) is 2.24. The van der Waals surface area contributed by atoms with Crippen molar-refractivity contribution in [1.29, 1.82) is 0 Å². The molecule has 0 aromatic heterocycles. The lowest BCUT2D eigenvalue weighted by Gasteiger charge is -2.60. The van der Waals surface area contributed by atoms with Gasteiger partial charge < -0.3 is 42.8 Å². The highest BCUT2D eigenvalue weighted by molar-refractivity contribution is 6.06. The van der Waals surface area contributed by atoms with Crippen LogP contribution in [-0.2, 0) is 74.1 Å². The normalized spacial score (nSPS) is 26.1. The standard InChI is InChI=1S/C37H45N3O14/c1-18(41)38-34(46)30-32(52-20(3)43)31(40(8)9)25-17-23-16-24-26(39(6)7)10-11-27(51-19(2)42)29(24)36(47-12-13-48-36)28(23)33(53-21(4)44)35(25,54-22(5)45)37(30)49-14-15-50-37/h10-11,23,25,31H,12-17H2,1-9H3,(H,38,41,46)/t23-,25-,31-,35-/m0/s1. The molecule has 2 spiro atoms. The second kappa shape index (κ2) is 14.2. The number of rotatable bonds is 7. The zero-order valence-corrected chi connectivity index (χ0v) is 31.7.